The van der Waals surface area contributed by atoms with Gasteiger partial charge in [-0.1, -0.05) is 12.1 Å². The van der Waals surface area contributed by atoms with Gasteiger partial charge in [-0.05, 0) is 24.6 Å². The number of amides is 1. The maximum absolute atomic E-state index is 11.8. The number of hydrogen-bond donors (Lipinski definition) is 1. The molecular formula is C14H14N4O2. The van der Waals surface area contributed by atoms with Gasteiger partial charge in [0, 0.05) is 7.05 Å². The number of benzene rings is 1. The van der Waals surface area contributed by atoms with Crippen LogP contribution in [0.15, 0.2) is 30.5 Å². The zero-order valence-electron chi connectivity index (χ0n) is 11.3. The Hall–Kier alpha value is -2.81. The summed E-state index contributed by atoms with van der Waals surface area (Å²) in [4.78, 5) is 11.8. The van der Waals surface area contributed by atoms with Crippen molar-refractivity contribution in [2.24, 2.45) is 7.05 Å². The Bertz CT molecular complexity index is 670. The molecule has 0 aliphatic rings. The van der Waals surface area contributed by atoms with Crippen molar-refractivity contribution in [1.29, 1.82) is 5.26 Å². The Morgan fingerprint density at radius 3 is 3.05 bits per heavy atom. The number of carbonyl (C=O) groups excluding carboxylic acids is 1. The van der Waals surface area contributed by atoms with Crippen LogP contribution in [0, 0.1) is 18.3 Å². The first-order valence-corrected chi connectivity index (χ1v) is 6.01. The molecule has 0 unspecified atom stereocenters. The van der Waals surface area contributed by atoms with Crippen LogP contribution in [-0.4, -0.2) is 22.3 Å². The molecule has 2 aromatic rings. The topological polar surface area (TPSA) is 79.9 Å². The van der Waals surface area contributed by atoms with Gasteiger partial charge in [-0.2, -0.15) is 10.4 Å². The zero-order valence-corrected chi connectivity index (χ0v) is 11.3. The predicted octanol–water partition coefficient (Wildman–Crippen LogP) is 1.62. The average molecular weight is 270 g/mol. The second-order valence-electron chi connectivity index (χ2n) is 4.30. The summed E-state index contributed by atoms with van der Waals surface area (Å²) in [5.41, 5.74) is 1.37. The van der Waals surface area contributed by atoms with Gasteiger partial charge in [-0.25, -0.2) is 0 Å². The Balaban J connectivity index is 1.96. The molecule has 0 saturated heterocycles. The van der Waals surface area contributed by atoms with Gasteiger partial charge in [0.15, 0.2) is 6.61 Å². The highest BCUT2D eigenvalue weighted by molar-refractivity contribution is 5.92. The highest BCUT2D eigenvalue weighted by Crippen LogP contribution is 2.14. The molecule has 20 heavy (non-hydrogen) atoms. The van der Waals surface area contributed by atoms with Crippen LogP contribution in [0.1, 0.15) is 11.1 Å². The van der Waals surface area contributed by atoms with Gasteiger partial charge >= 0.3 is 0 Å². The van der Waals surface area contributed by atoms with Crippen LogP contribution >= 0.6 is 0 Å². The summed E-state index contributed by atoms with van der Waals surface area (Å²) < 4.78 is 6.82. The molecule has 0 aliphatic heterocycles. The van der Waals surface area contributed by atoms with Crippen LogP contribution in [0.4, 0.5) is 5.82 Å². The van der Waals surface area contributed by atoms with Crippen molar-refractivity contribution in [1.82, 2.24) is 9.78 Å². The van der Waals surface area contributed by atoms with Gasteiger partial charge in [0.2, 0.25) is 0 Å². The normalized spacial score (nSPS) is 9.85. The van der Waals surface area contributed by atoms with E-state index >= 15 is 0 Å². The highest BCUT2D eigenvalue weighted by atomic mass is 16.5. The molecule has 0 atom stereocenters. The maximum Gasteiger partial charge on any atom is 0.263 e. The molecule has 0 fully saturated rings. The number of nitrogens with one attached hydrogen (secondary N) is 1. The van der Waals surface area contributed by atoms with E-state index in [-0.39, 0.29) is 12.5 Å². The maximum atomic E-state index is 11.8. The standard InChI is InChI=1S/C14H14N4O2/c1-10-4-3-5-12(6-10)20-9-13(19)17-14-11(7-15)8-16-18(14)2/h3-6,8H,9H2,1-2H3,(H,17,19). The number of aryl methyl sites for hydroxylation is 2. The molecule has 6 nitrogen and oxygen atoms in total. The van der Waals surface area contributed by atoms with E-state index < -0.39 is 0 Å². The summed E-state index contributed by atoms with van der Waals surface area (Å²) in [5, 5.41) is 15.4. The molecule has 0 radical (unpaired) electrons. The van der Waals surface area contributed by atoms with Crippen molar-refractivity contribution in [2.45, 2.75) is 6.92 Å². The number of ether oxygens (including phenoxy) is 1. The van der Waals surface area contributed by atoms with Crippen molar-refractivity contribution < 1.29 is 9.53 Å². The molecule has 0 saturated carbocycles. The first-order chi connectivity index (χ1) is 9.60. The average Bonchev–Trinajstić information content (AvgIpc) is 2.77. The van der Waals surface area contributed by atoms with Gasteiger partial charge in [-0.3, -0.25) is 9.48 Å². The zero-order chi connectivity index (χ0) is 14.5. The fourth-order valence-corrected chi connectivity index (χ4v) is 1.69. The number of carbonyl (C=O) groups is 1. The fourth-order valence-electron chi connectivity index (χ4n) is 1.69. The van der Waals surface area contributed by atoms with E-state index in [0.717, 1.165) is 5.56 Å². The number of nitriles is 1. The Labute approximate surface area is 116 Å². The van der Waals surface area contributed by atoms with Gasteiger partial charge in [0.05, 0.1) is 6.20 Å². The third kappa shape index (κ3) is 3.14. The highest BCUT2D eigenvalue weighted by Gasteiger charge is 2.12. The summed E-state index contributed by atoms with van der Waals surface area (Å²) in [6, 6.07) is 9.40. The molecule has 1 aromatic heterocycles. The van der Waals surface area contributed by atoms with Gasteiger partial charge in [0.1, 0.15) is 23.2 Å². The molecular weight excluding hydrogens is 256 g/mol. The van der Waals surface area contributed by atoms with Crippen LogP contribution in [-0.2, 0) is 11.8 Å². The molecule has 0 aliphatic carbocycles. The van der Waals surface area contributed by atoms with E-state index in [1.807, 2.05) is 31.2 Å². The van der Waals surface area contributed by atoms with Crippen LogP contribution in [0.5, 0.6) is 5.75 Å². The Kier molecular flexibility index (Phi) is 4.01. The number of anilines is 1. The minimum absolute atomic E-state index is 0.125. The molecule has 0 bridgehead atoms. The molecule has 102 valence electrons. The molecule has 1 N–H and O–H groups in total. The van der Waals surface area contributed by atoms with Crippen molar-refractivity contribution in [2.75, 3.05) is 11.9 Å². The quantitative estimate of drug-likeness (QED) is 0.915. The first-order valence-electron chi connectivity index (χ1n) is 6.01. The van der Waals surface area contributed by atoms with Crippen LogP contribution in [0.25, 0.3) is 0 Å². The van der Waals surface area contributed by atoms with Gasteiger partial charge in [0.25, 0.3) is 5.91 Å². The summed E-state index contributed by atoms with van der Waals surface area (Å²) in [6.45, 7) is 1.82. The molecule has 2 rings (SSSR count). The predicted molar refractivity (Wildman–Crippen MR) is 73.2 cm³/mol. The van der Waals surface area contributed by atoms with E-state index in [4.69, 9.17) is 10.00 Å². The van der Waals surface area contributed by atoms with E-state index in [9.17, 15) is 4.79 Å². The first kappa shape index (κ1) is 13.6. The summed E-state index contributed by atoms with van der Waals surface area (Å²) >= 11 is 0. The third-order valence-electron chi connectivity index (χ3n) is 2.68. The second kappa shape index (κ2) is 5.89. The minimum Gasteiger partial charge on any atom is -0.484 e. The largest absolute Gasteiger partial charge is 0.484 e. The van der Waals surface area contributed by atoms with Crippen molar-refractivity contribution in [3.63, 3.8) is 0 Å². The lowest BCUT2D eigenvalue weighted by Crippen LogP contribution is -2.22. The lowest BCUT2D eigenvalue weighted by molar-refractivity contribution is -0.118. The van der Waals surface area contributed by atoms with Crippen LogP contribution in [0.3, 0.4) is 0 Å². The third-order valence-corrected chi connectivity index (χ3v) is 2.68. The van der Waals surface area contributed by atoms with E-state index in [2.05, 4.69) is 10.4 Å². The van der Waals surface area contributed by atoms with E-state index in [0.29, 0.717) is 17.1 Å². The summed E-state index contributed by atoms with van der Waals surface area (Å²) in [7, 11) is 1.65. The smallest absolute Gasteiger partial charge is 0.263 e. The van der Waals surface area contributed by atoms with Gasteiger partial charge < -0.3 is 10.1 Å². The lowest BCUT2D eigenvalue weighted by Gasteiger charge is -2.08. The molecule has 0 spiro atoms. The van der Waals surface area contributed by atoms with Crippen LogP contribution < -0.4 is 10.1 Å². The molecule has 1 amide bonds. The number of nitrogens with zero attached hydrogens (tertiary/aromatic N) is 3. The van der Waals surface area contributed by atoms with Crippen molar-refractivity contribution in [3.05, 3.63) is 41.6 Å². The minimum atomic E-state index is -0.341. The molecule has 1 aromatic carbocycles. The fraction of sp³-hybridized carbons (Fsp3) is 0.214. The van der Waals surface area contributed by atoms with E-state index in [1.54, 1.807) is 13.1 Å². The van der Waals surface area contributed by atoms with Crippen molar-refractivity contribution in [3.8, 4) is 11.8 Å². The van der Waals surface area contributed by atoms with Gasteiger partial charge in [-0.15, -0.1) is 0 Å². The van der Waals surface area contributed by atoms with Crippen molar-refractivity contribution >= 4 is 11.7 Å². The Morgan fingerprint density at radius 2 is 2.35 bits per heavy atom. The SMILES string of the molecule is Cc1cccc(OCC(=O)Nc2c(C#N)cnn2C)c1. The molecule has 6 heteroatoms. The number of rotatable bonds is 4. The summed E-state index contributed by atoms with van der Waals surface area (Å²) in [5.74, 6) is 0.655. The lowest BCUT2D eigenvalue weighted by atomic mass is 10.2. The Morgan fingerprint density at radius 1 is 1.55 bits per heavy atom. The van der Waals surface area contributed by atoms with Crippen LogP contribution in [0.2, 0.25) is 0 Å². The second-order valence-corrected chi connectivity index (χ2v) is 4.30. The number of aromatic nitrogens is 2. The summed E-state index contributed by atoms with van der Waals surface area (Å²) in [6.07, 6.45) is 1.40. The monoisotopic (exact) mass is 270 g/mol. The van der Waals surface area contributed by atoms with E-state index in [1.165, 1.54) is 10.9 Å². The molecule has 1 heterocycles. The number of hydrogen-bond acceptors (Lipinski definition) is 4.